The molecule has 0 atom stereocenters. The number of anilines is 1. The van der Waals surface area contributed by atoms with E-state index in [0.29, 0.717) is 24.8 Å². The van der Waals surface area contributed by atoms with Gasteiger partial charge in [-0.15, -0.1) is 0 Å². The van der Waals surface area contributed by atoms with Crippen molar-refractivity contribution in [1.82, 2.24) is 19.6 Å². The van der Waals surface area contributed by atoms with Crippen LogP contribution in [0.5, 0.6) is 5.75 Å². The van der Waals surface area contributed by atoms with E-state index >= 15 is 0 Å². The summed E-state index contributed by atoms with van der Waals surface area (Å²) in [5, 5.41) is 7.67. The van der Waals surface area contributed by atoms with Gasteiger partial charge >= 0.3 is 0 Å². The maximum atomic E-state index is 5.92. The van der Waals surface area contributed by atoms with Gasteiger partial charge < -0.3 is 10.1 Å². The van der Waals surface area contributed by atoms with E-state index in [1.807, 2.05) is 24.3 Å². The van der Waals surface area contributed by atoms with Gasteiger partial charge in [-0.2, -0.15) is 14.6 Å². The first kappa shape index (κ1) is 16.2. The van der Waals surface area contributed by atoms with Gasteiger partial charge in [0.2, 0.25) is 0 Å². The molecule has 2 aromatic heterocycles. The number of fused-ring (bicyclic) bond motifs is 1. The molecule has 2 heterocycles. The molecule has 6 heteroatoms. The van der Waals surface area contributed by atoms with Crippen LogP contribution in [0.3, 0.4) is 0 Å². The highest BCUT2D eigenvalue weighted by Gasteiger charge is 2.09. The molecular weight excluding hydrogens is 302 g/mol. The minimum atomic E-state index is 0.494. The molecule has 0 aliphatic rings. The van der Waals surface area contributed by atoms with E-state index in [1.54, 1.807) is 4.52 Å². The molecular formula is C18H23N5O. The summed E-state index contributed by atoms with van der Waals surface area (Å²) in [7, 11) is 0. The lowest BCUT2D eigenvalue weighted by molar-refractivity contribution is 0.269. The van der Waals surface area contributed by atoms with E-state index in [2.05, 4.69) is 47.2 Å². The van der Waals surface area contributed by atoms with Gasteiger partial charge in [0.1, 0.15) is 17.9 Å². The van der Waals surface area contributed by atoms with Crippen LogP contribution in [0.4, 0.5) is 5.82 Å². The van der Waals surface area contributed by atoms with Crippen LogP contribution in [-0.4, -0.2) is 26.2 Å². The Morgan fingerprint density at radius 3 is 2.88 bits per heavy atom. The van der Waals surface area contributed by atoms with Crippen LogP contribution in [0.1, 0.15) is 32.0 Å². The van der Waals surface area contributed by atoms with Crippen molar-refractivity contribution in [3.05, 3.63) is 47.9 Å². The average molecular weight is 325 g/mol. The van der Waals surface area contributed by atoms with Crippen molar-refractivity contribution in [3.63, 3.8) is 0 Å². The van der Waals surface area contributed by atoms with Gasteiger partial charge in [-0.1, -0.05) is 39.0 Å². The second kappa shape index (κ2) is 7.29. The summed E-state index contributed by atoms with van der Waals surface area (Å²) in [4.78, 5) is 8.65. The number of benzene rings is 1. The Balaban J connectivity index is 1.80. The molecule has 0 aliphatic heterocycles. The normalized spacial score (nSPS) is 11.2. The van der Waals surface area contributed by atoms with Crippen LogP contribution in [0.2, 0.25) is 0 Å². The average Bonchev–Trinajstić information content (AvgIpc) is 3.06. The van der Waals surface area contributed by atoms with Crippen molar-refractivity contribution in [1.29, 1.82) is 0 Å². The molecule has 0 aliphatic carbocycles. The number of para-hydroxylation sites is 1. The van der Waals surface area contributed by atoms with Gasteiger partial charge in [0.05, 0.1) is 6.61 Å². The third kappa shape index (κ3) is 3.64. The summed E-state index contributed by atoms with van der Waals surface area (Å²) in [6.45, 7) is 7.72. The lowest BCUT2D eigenvalue weighted by atomic mass is 10.2. The predicted molar refractivity (Wildman–Crippen MR) is 94.3 cm³/mol. The highest BCUT2D eigenvalue weighted by atomic mass is 16.5. The Labute approximate surface area is 141 Å². The second-order valence-corrected chi connectivity index (χ2v) is 6.12. The summed E-state index contributed by atoms with van der Waals surface area (Å²) < 4.78 is 7.64. The largest absolute Gasteiger partial charge is 0.493 e. The molecule has 0 unspecified atom stereocenters. The molecule has 0 radical (unpaired) electrons. The van der Waals surface area contributed by atoms with Gasteiger partial charge in [0.15, 0.2) is 0 Å². The highest BCUT2D eigenvalue weighted by molar-refractivity contribution is 5.46. The molecule has 24 heavy (non-hydrogen) atoms. The summed E-state index contributed by atoms with van der Waals surface area (Å²) >= 11 is 0. The fourth-order valence-corrected chi connectivity index (χ4v) is 2.40. The fourth-order valence-electron chi connectivity index (χ4n) is 2.40. The Morgan fingerprint density at radius 1 is 1.25 bits per heavy atom. The molecule has 6 nitrogen and oxygen atoms in total. The molecule has 126 valence electrons. The third-order valence-electron chi connectivity index (χ3n) is 3.67. The van der Waals surface area contributed by atoms with E-state index in [9.17, 15) is 0 Å². The van der Waals surface area contributed by atoms with Crippen LogP contribution in [0, 0.1) is 5.92 Å². The first-order valence-electron chi connectivity index (χ1n) is 8.31. The third-order valence-corrected chi connectivity index (χ3v) is 3.67. The van der Waals surface area contributed by atoms with E-state index < -0.39 is 0 Å². The van der Waals surface area contributed by atoms with E-state index in [4.69, 9.17) is 4.74 Å². The van der Waals surface area contributed by atoms with Crippen molar-refractivity contribution in [2.45, 2.75) is 33.7 Å². The van der Waals surface area contributed by atoms with Crippen LogP contribution in [0.15, 0.2) is 36.7 Å². The molecule has 1 N–H and O–H groups in total. The number of nitrogens with zero attached hydrogens (tertiary/aromatic N) is 4. The first-order chi connectivity index (χ1) is 11.7. The summed E-state index contributed by atoms with van der Waals surface area (Å²) in [6.07, 6.45) is 2.37. The Hall–Kier alpha value is -2.63. The molecule has 0 spiro atoms. The van der Waals surface area contributed by atoms with Crippen LogP contribution < -0.4 is 10.1 Å². The number of ether oxygens (including phenoxy) is 1. The topological polar surface area (TPSA) is 64.3 Å². The van der Waals surface area contributed by atoms with Crippen LogP contribution in [-0.2, 0) is 13.0 Å². The molecule has 0 saturated heterocycles. The molecule has 3 aromatic rings. The zero-order valence-corrected chi connectivity index (χ0v) is 14.4. The van der Waals surface area contributed by atoms with Crippen molar-refractivity contribution < 1.29 is 4.74 Å². The minimum absolute atomic E-state index is 0.494. The number of rotatable bonds is 7. The van der Waals surface area contributed by atoms with Crippen molar-refractivity contribution >= 4 is 11.6 Å². The Morgan fingerprint density at radius 2 is 2.08 bits per heavy atom. The summed E-state index contributed by atoms with van der Waals surface area (Å²) in [5.74, 6) is 2.90. The standard InChI is InChI=1S/C18H23N5O/c1-4-15-9-17(23-18(22-15)20-12-21-23)19-10-14-7-5-6-8-16(14)24-11-13(2)3/h5-9,12-13,19H,4,10-11H2,1-3H3. The quantitative estimate of drug-likeness (QED) is 0.722. The second-order valence-electron chi connectivity index (χ2n) is 6.12. The van der Waals surface area contributed by atoms with Gasteiger partial charge in [-0.25, -0.2) is 4.98 Å². The SMILES string of the molecule is CCc1cc(NCc2ccccc2OCC(C)C)n2ncnc2n1. The molecule has 0 bridgehead atoms. The van der Waals surface area contributed by atoms with Gasteiger partial charge in [-0.05, 0) is 18.4 Å². The Bertz CT molecular complexity index is 812. The number of aromatic nitrogens is 4. The predicted octanol–water partition coefficient (Wildman–Crippen LogP) is 3.33. The van der Waals surface area contributed by atoms with E-state index in [0.717, 1.165) is 29.2 Å². The smallest absolute Gasteiger partial charge is 0.254 e. The van der Waals surface area contributed by atoms with Crippen LogP contribution >= 0.6 is 0 Å². The maximum Gasteiger partial charge on any atom is 0.254 e. The van der Waals surface area contributed by atoms with Crippen molar-refractivity contribution in [2.24, 2.45) is 5.92 Å². The monoisotopic (exact) mass is 325 g/mol. The Kier molecular flexibility index (Phi) is 4.93. The zero-order chi connectivity index (χ0) is 16.9. The van der Waals surface area contributed by atoms with Gasteiger partial charge in [0, 0.05) is 23.9 Å². The van der Waals surface area contributed by atoms with Crippen molar-refractivity contribution in [3.8, 4) is 5.75 Å². The summed E-state index contributed by atoms with van der Waals surface area (Å²) in [6, 6.07) is 10.1. The zero-order valence-electron chi connectivity index (χ0n) is 14.4. The molecule has 0 amide bonds. The molecule has 1 aromatic carbocycles. The van der Waals surface area contributed by atoms with Crippen molar-refractivity contribution in [2.75, 3.05) is 11.9 Å². The van der Waals surface area contributed by atoms with E-state index in [-0.39, 0.29) is 0 Å². The van der Waals surface area contributed by atoms with E-state index in [1.165, 1.54) is 6.33 Å². The lowest BCUT2D eigenvalue weighted by Crippen LogP contribution is -2.10. The molecule has 0 saturated carbocycles. The lowest BCUT2D eigenvalue weighted by Gasteiger charge is -2.14. The number of aryl methyl sites for hydroxylation is 1. The molecule has 0 fully saturated rings. The van der Waals surface area contributed by atoms with Gasteiger partial charge in [-0.3, -0.25) is 0 Å². The number of nitrogens with one attached hydrogen (secondary N) is 1. The first-order valence-corrected chi connectivity index (χ1v) is 8.31. The molecule has 3 rings (SSSR count). The number of hydrogen-bond donors (Lipinski definition) is 1. The fraction of sp³-hybridized carbons (Fsp3) is 0.389. The minimum Gasteiger partial charge on any atom is -0.493 e. The van der Waals surface area contributed by atoms with Crippen LogP contribution in [0.25, 0.3) is 5.78 Å². The van der Waals surface area contributed by atoms with Gasteiger partial charge in [0.25, 0.3) is 5.78 Å². The maximum absolute atomic E-state index is 5.92. The highest BCUT2D eigenvalue weighted by Crippen LogP contribution is 2.20. The number of hydrogen-bond acceptors (Lipinski definition) is 5. The summed E-state index contributed by atoms with van der Waals surface area (Å²) in [5.41, 5.74) is 2.10.